The maximum Gasteiger partial charge on any atom is 0.208 e. The molecule has 2 fully saturated rings. The molecule has 0 saturated carbocycles. The molecule has 1 aromatic heterocycles. The first kappa shape index (κ1) is 15.8. The van der Waals surface area contributed by atoms with Crippen LogP contribution < -0.4 is 5.32 Å². The Hall–Kier alpha value is -0.580. The Morgan fingerprint density at radius 3 is 2.55 bits per heavy atom. The summed E-state index contributed by atoms with van der Waals surface area (Å²) in [6.07, 6.45) is 5.37. The minimum atomic E-state index is 0. The second-order valence-corrected chi connectivity index (χ2v) is 6.07. The van der Waals surface area contributed by atoms with Crippen LogP contribution in [0.3, 0.4) is 0 Å². The van der Waals surface area contributed by atoms with Gasteiger partial charge in [-0.05, 0) is 65.1 Å². The number of aromatic nitrogens is 1. The van der Waals surface area contributed by atoms with Crippen molar-refractivity contribution in [2.75, 3.05) is 19.6 Å². The highest BCUT2D eigenvalue weighted by molar-refractivity contribution is 5.85. The van der Waals surface area contributed by atoms with Crippen molar-refractivity contribution < 1.29 is 4.42 Å². The normalized spacial score (nSPS) is 24.8. The van der Waals surface area contributed by atoms with Crippen molar-refractivity contribution in [1.29, 1.82) is 0 Å². The summed E-state index contributed by atoms with van der Waals surface area (Å²) in [7, 11) is 0. The van der Waals surface area contributed by atoms with Crippen molar-refractivity contribution in [2.24, 2.45) is 5.92 Å². The highest BCUT2D eigenvalue weighted by Gasteiger charge is 2.28. The maximum atomic E-state index is 5.68. The minimum absolute atomic E-state index is 0. The molecular weight excluding hydrogens is 274 g/mol. The number of hydrogen-bond acceptors (Lipinski definition) is 4. The van der Waals surface area contributed by atoms with Gasteiger partial charge in [-0.3, -0.25) is 4.90 Å². The van der Waals surface area contributed by atoms with Gasteiger partial charge < -0.3 is 9.73 Å². The number of oxazole rings is 1. The fraction of sp³-hybridized carbons (Fsp3) is 0.800. The first-order valence-corrected chi connectivity index (χ1v) is 7.61. The van der Waals surface area contributed by atoms with E-state index in [0.29, 0.717) is 0 Å². The van der Waals surface area contributed by atoms with E-state index < -0.39 is 0 Å². The van der Waals surface area contributed by atoms with E-state index in [1.807, 2.05) is 13.8 Å². The van der Waals surface area contributed by atoms with Gasteiger partial charge in [0, 0.05) is 6.04 Å². The van der Waals surface area contributed by atoms with E-state index in [-0.39, 0.29) is 12.4 Å². The monoisotopic (exact) mass is 299 g/mol. The Labute approximate surface area is 127 Å². The van der Waals surface area contributed by atoms with Gasteiger partial charge >= 0.3 is 0 Å². The molecule has 0 radical (unpaired) electrons. The SMILES string of the molecule is Cc1nc(CN2CCC(C3CCCN3)CC2)oc1C.Cl. The molecule has 5 heteroatoms. The Morgan fingerprint density at radius 2 is 2.00 bits per heavy atom. The summed E-state index contributed by atoms with van der Waals surface area (Å²) in [6.45, 7) is 8.47. The molecule has 1 atom stereocenters. The lowest BCUT2D eigenvalue weighted by molar-refractivity contribution is 0.146. The molecular formula is C15H26ClN3O. The molecule has 2 aliphatic heterocycles. The smallest absolute Gasteiger partial charge is 0.208 e. The molecule has 2 aliphatic rings. The summed E-state index contributed by atoms with van der Waals surface area (Å²) in [5, 5.41) is 3.65. The molecule has 0 spiro atoms. The molecule has 1 unspecified atom stereocenters. The van der Waals surface area contributed by atoms with Crippen molar-refractivity contribution in [2.45, 2.75) is 52.1 Å². The van der Waals surface area contributed by atoms with Crippen molar-refractivity contribution in [3.63, 3.8) is 0 Å². The van der Waals surface area contributed by atoms with Crippen molar-refractivity contribution >= 4 is 12.4 Å². The molecule has 0 aliphatic carbocycles. The second kappa shape index (κ2) is 6.92. The molecule has 4 nitrogen and oxygen atoms in total. The molecule has 114 valence electrons. The van der Waals surface area contributed by atoms with E-state index in [1.54, 1.807) is 0 Å². The van der Waals surface area contributed by atoms with E-state index in [2.05, 4.69) is 15.2 Å². The van der Waals surface area contributed by atoms with Gasteiger partial charge in [-0.25, -0.2) is 4.98 Å². The van der Waals surface area contributed by atoms with Crippen molar-refractivity contribution in [3.8, 4) is 0 Å². The number of likely N-dealkylation sites (tertiary alicyclic amines) is 1. The number of hydrogen-bond donors (Lipinski definition) is 1. The highest BCUT2D eigenvalue weighted by atomic mass is 35.5. The van der Waals surface area contributed by atoms with Gasteiger partial charge in [-0.1, -0.05) is 0 Å². The van der Waals surface area contributed by atoms with Gasteiger partial charge in [0.2, 0.25) is 5.89 Å². The first-order chi connectivity index (χ1) is 9.22. The van der Waals surface area contributed by atoms with E-state index in [4.69, 9.17) is 4.42 Å². The molecule has 0 aromatic carbocycles. The lowest BCUT2D eigenvalue weighted by atomic mass is 9.88. The highest BCUT2D eigenvalue weighted by Crippen LogP contribution is 2.26. The van der Waals surface area contributed by atoms with E-state index in [1.165, 1.54) is 45.3 Å². The number of nitrogens with one attached hydrogen (secondary N) is 1. The Balaban J connectivity index is 0.00000147. The quantitative estimate of drug-likeness (QED) is 0.932. The predicted molar refractivity (Wildman–Crippen MR) is 82.3 cm³/mol. The topological polar surface area (TPSA) is 41.3 Å². The molecule has 2 saturated heterocycles. The lowest BCUT2D eigenvalue weighted by Crippen LogP contribution is -2.40. The van der Waals surface area contributed by atoms with Crippen LogP contribution in [0.2, 0.25) is 0 Å². The van der Waals surface area contributed by atoms with Crippen LogP contribution in [0, 0.1) is 19.8 Å². The van der Waals surface area contributed by atoms with Gasteiger partial charge in [0.15, 0.2) is 0 Å². The molecule has 0 bridgehead atoms. The van der Waals surface area contributed by atoms with E-state index in [9.17, 15) is 0 Å². The largest absolute Gasteiger partial charge is 0.444 e. The van der Waals surface area contributed by atoms with Crippen molar-refractivity contribution in [3.05, 3.63) is 17.3 Å². The summed E-state index contributed by atoms with van der Waals surface area (Å²) in [6, 6.07) is 0.786. The van der Waals surface area contributed by atoms with Crippen LogP contribution in [0.15, 0.2) is 4.42 Å². The van der Waals surface area contributed by atoms with Crippen LogP contribution in [-0.2, 0) is 6.54 Å². The Kier molecular flexibility index (Phi) is 5.47. The first-order valence-electron chi connectivity index (χ1n) is 7.61. The zero-order valence-electron chi connectivity index (χ0n) is 12.5. The van der Waals surface area contributed by atoms with Crippen LogP contribution in [0.4, 0.5) is 0 Å². The third kappa shape index (κ3) is 3.54. The van der Waals surface area contributed by atoms with E-state index in [0.717, 1.165) is 35.8 Å². The second-order valence-electron chi connectivity index (χ2n) is 6.07. The number of rotatable bonds is 3. The summed E-state index contributed by atoms with van der Waals surface area (Å²) >= 11 is 0. The summed E-state index contributed by atoms with van der Waals surface area (Å²) in [5.41, 5.74) is 1.03. The number of piperidine rings is 1. The molecule has 0 amide bonds. The number of nitrogens with zero attached hydrogens (tertiary/aromatic N) is 2. The molecule has 3 rings (SSSR count). The van der Waals surface area contributed by atoms with Gasteiger partial charge in [0.25, 0.3) is 0 Å². The van der Waals surface area contributed by atoms with Crippen LogP contribution in [0.5, 0.6) is 0 Å². The zero-order chi connectivity index (χ0) is 13.2. The fourth-order valence-corrected chi connectivity index (χ4v) is 3.43. The third-order valence-electron chi connectivity index (χ3n) is 4.73. The van der Waals surface area contributed by atoms with Gasteiger partial charge in [-0.2, -0.15) is 0 Å². The van der Waals surface area contributed by atoms with Crippen LogP contribution >= 0.6 is 12.4 Å². The van der Waals surface area contributed by atoms with Gasteiger partial charge in [0.1, 0.15) is 5.76 Å². The van der Waals surface area contributed by atoms with Crippen LogP contribution in [0.1, 0.15) is 43.0 Å². The predicted octanol–water partition coefficient (Wildman–Crippen LogP) is 2.68. The van der Waals surface area contributed by atoms with Gasteiger partial charge in [0.05, 0.1) is 12.2 Å². The van der Waals surface area contributed by atoms with Crippen LogP contribution in [0.25, 0.3) is 0 Å². The molecule has 1 N–H and O–H groups in total. The molecule has 3 heterocycles. The minimum Gasteiger partial charge on any atom is -0.444 e. The molecule has 1 aromatic rings. The standard InChI is InChI=1S/C15H25N3O.ClH/c1-11-12(2)19-15(17-11)10-18-8-5-13(6-9-18)14-4-3-7-16-14;/h13-14,16H,3-10H2,1-2H3;1H. The van der Waals surface area contributed by atoms with Gasteiger partial charge in [-0.15, -0.1) is 12.4 Å². The lowest BCUT2D eigenvalue weighted by Gasteiger charge is -2.34. The number of halogens is 1. The van der Waals surface area contributed by atoms with Crippen molar-refractivity contribution in [1.82, 2.24) is 15.2 Å². The average molecular weight is 300 g/mol. The Morgan fingerprint density at radius 1 is 1.25 bits per heavy atom. The summed E-state index contributed by atoms with van der Waals surface area (Å²) in [5.74, 6) is 2.72. The zero-order valence-corrected chi connectivity index (χ0v) is 13.3. The third-order valence-corrected chi connectivity index (χ3v) is 4.73. The maximum absolute atomic E-state index is 5.68. The number of aryl methyl sites for hydroxylation is 2. The fourth-order valence-electron chi connectivity index (χ4n) is 3.43. The summed E-state index contributed by atoms with van der Waals surface area (Å²) < 4.78 is 5.68. The van der Waals surface area contributed by atoms with E-state index >= 15 is 0 Å². The Bertz CT molecular complexity index is 401. The average Bonchev–Trinajstić information content (AvgIpc) is 3.02. The van der Waals surface area contributed by atoms with Crippen LogP contribution in [-0.4, -0.2) is 35.6 Å². The summed E-state index contributed by atoms with van der Waals surface area (Å²) in [4.78, 5) is 6.96. The molecule has 20 heavy (non-hydrogen) atoms.